The number of carbonyl (C=O) groups excluding carboxylic acids is 1. The van der Waals surface area contributed by atoms with E-state index in [1.54, 1.807) is 29.8 Å². The summed E-state index contributed by atoms with van der Waals surface area (Å²) < 4.78 is 26.8. The van der Waals surface area contributed by atoms with Crippen LogP contribution in [0.2, 0.25) is 5.02 Å². The molecule has 0 atom stereocenters. The van der Waals surface area contributed by atoms with E-state index in [-0.39, 0.29) is 17.8 Å². The van der Waals surface area contributed by atoms with Crippen molar-refractivity contribution in [3.05, 3.63) is 135 Å². The van der Waals surface area contributed by atoms with Crippen LogP contribution in [0.15, 0.2) is 89.3 Å². The second-order valence-corrected chi connectivity index (χ2v) is 10.9. The van der Waals surface area contributed by atoms with Crippen molar-refractivity contribution >= 4 is 23.2 Å². The molecule has 0 aliphatic heterocycles. The molecule has 2 aromatic heterocycles. The van der Waals surface area contributed by atoms with Gasteiger partial charge in [-0.25, -0.2) is 4.39 Å². The summed E-state index contributed by atoms with van der Waals surface area (Å²) in [5, 5.41) is 7.74. The molecule has 210 valence electrons. The van der Waals surface area contributed by atoms with Crippen LogP contribution in [0, 0.1) is 19.7 Å². The molecule has 0 unspecified atom stereocenters. The normalized spacial score (nSPS) is 11.5. The minimum Gasteiger partial charge on any atom is -0.486 e. The molecule has 0 fully saturated rings. The summed E-state index contributed by atoms with van der Waals surface area (Å²) in [6.45, 7) is 8.57. The molecular weight excluding hydrogens is 541 g/mol. The van der Waals surface area contributed by atoms with Gasteiger partial charge in [0, 0.05) is 10.4 Å². The number of aromatic nitrogens is 2. The highest BCUT2D eigenvalue weighted by molar-refractivity contribution is 6.31. The number of nitrogens with zero attached hydrogens (tertiary/aromatic N) is 2. The fourth-order valence-electron chi connectivity index (χ4n) is 4.74. The van der Waals surface area contributed by atoms with Crippen LogP contribution in [-0.2, 0) is 18.6 Å². The first-order valence-corrected chi connectivity index (χ1v) is 13.7. The molecule has 0 saturated heterocycles. The summed E-state index contributed by atoms with van der Waals surface area (Å²) in [6.07, 6.45) is 0. The number of benzene rings is 3. The molecule has 1 N–H and O–H groups in total. The van der Waals surface area contributed by atoms with Gasteiger partial charge < -0.3 is 14.5 Å². The topological polar surface area (TPSA) is 69.3 Å². The SMILES string of the molecule is Cc1nn(Cc2ccc(F)cc2Cl)c(C)c1NC(=O)c1ccc(COc2ccc(C(C)(C)c3ccccc3)cc2)o1. The molecule has 5 aromatic rings. The Morgan fingerprint density at radius 2 is 1.71 bits per heavy atom. The predicted octanol–water partition coefficient (Wildman–Crippen LogP) is 8.09. The number of nitrogens with one attached hydrogen (secondary N) is 1. The van der Waals surface area contributed by atoms with Crippen molar-refractivity contribution < 1.29 is 18.3 Å². The summed E-state index contributed by atoms with van der Waals surface area (Å²) >= 11 is 6.18. The Morgan fingerprint density at radius 1 is 1.00 bits per heavy atom. The second kappa shape index (κ2) is 11.6. The number of furan rings is 1. The molecule has 0 saturated carbocycles. The highest BCUT2D eigenvalue weighted by Crippen LogP contribution is 2.32. The van der Waals surface area contributed by atoms with Crippen LogP contribution in [-0.4, -0.2) is 15.7 Å². The molecule has 0 aliphatic rings. The molecule has 0 bridgehead atoms. The fourth-order valence-corrected chi connectivity index (χ4v) is 4.97. The molecule has 41 heavy (non-hydrogen) atoms. The van der Waals surface area contributed by atoms with Gasteiger partial charge in [-0.2, -0.15) is 5.10 Å². The summed E-state index contributed by atoms with van der Waals surface area (Å²) in [5.41, 5.74) is 4.98. The minimum absolute atomic E-state index is 0.135. The molecule has 5 rings (SSSR count). The first-order valence-electron chi connectivity index (χ1n) is 13.3. The Labute approximate surface area is 243 Å². The van der Waals surface area contributed by atoms with Gasteiger partial charge in [0.15, 0.2) is 5.76 Å². The molecule has 2 heterocycles. The van der Waals surface area contributed by atoms with Crippen molar-refractivity contribution in [3.63, 3.8) is 0 Å². The lowest BCUT2D eigenvalue weighted by Gasteiger charge is -2.26. The minimum atomic E-state index is -0.399. The number of anilines is 1. The molecular formula is C33H31ClFN3O3. The van der Waals surface area contributed by atoms with Crippen molar-refractivity contribution in [2.24, 2.45) is 0 Å². The number of rotatable bonds is 9. The molecule has 6 nitrogen and oxygen atoms in total. The number of aryl methyl sites for hydroxylation is 1. The van der Waals surface area contributed by atoms with E-state index in [1.807, 2.05) is 37.3 Å². The van der Waals surface area contributed by atoms with E-state index in [4.69, 9.17) is 20.8 Å². The van der Waals surface area contributed by atoms with Gasteiger partial charge in [0.1, 0.15) is 23.9 Å². The third-order valence-electron chi connectivity index (χ3n) is 7.29. The van der Waals surface area contributed by atoms with Gasteiger partial charge in [0.05, 0.1) is 23.6 Å². The lowest BCUT2D eigenvalue weighted by atomic mass is 9.78. The van der Waals surface area contributed by atoms with E-state index in [2.05, 4.69) is 48.5 Å². The van der Waals surface area contributed by atoms with Crippen molar-refractivity contribution in [2.45, 2.75) is 46.3 Å². The zero-order valence-corrected chi connectivity index (χ0v) is 24.1. The number of carbonyl (C=O) groups is 1. The average Bonchev–Trinajstić information content (AvgIpc) is 3.54. The first-order chi connectivity index (χ1) is 19.6. The zero-order chi connectivity index (χ0) is 29.1. The van der Waals surface area contributed by atoms with Crippen LogP contribution in [0.3, 0.4) is 0 Å². The quantitative estimate of drug-likeness (QED) is 0.194. The lowest BCUT2D eigenvalue weighted by Crippen LogP contribution is -2.18. The van der Waals surface area contributed by atoms with Crippen LogP contribution in [0.1, 0.15) is 58.2 Å². The number of halogens is 2. The van der Waals surface area contributed by atoms with E-state index >= 15 is 0 Å². The Morgan fingerprint density at radius 3 is 2.41 bits per heavy atom. The van der Waals surface area contributed by atoms with Gasteiger partial charge >= 0.3 is 0 Å². The van der Waals surface area contributed by atoms with E-state index < -0.39 is 11.7 Å². The molecule has 0 aliphatic carbocycles. The Bertz CT molecular complexity index is 1670. The molecule has 1 amide bonds. The fraction of sp³-hybridized carbons (Fsp3) is 0.212. The smallest absolute Gasteiger partial charge is 0.291 e. The second-order valence-electron chi connectivity index (χ2n) is 10.5. The van der Waals surface area contributed by atoms with Gasteiger partial charge in [-0.05, 0) is 66.9 Å². The third kappa shape index (κ3) is 6.20. The Balaban J connectivity index is 1.20. The van der Waals surface area contributed by atoms with Gasteiger partial charge in [0.2, 0.25) is 0 Å². The molecule has 3 aromatic carbocycles. The first kappa shape index (κ1) is 28.2. The molecule has 0 spiro atoms. The summed E-state index contributed by atoms with van der Waals surface area (Å²) in [4.78, 5) is 13.0. The number of hydrogen-bond acceptors (Lipinski definition) is 4. The summed E-state index contributed by atoms with van der Waals surface area (Å²) in [7, 11) is 0. The van der Waals surface area contributed by atoms with E-state index in [0.717, 1.165) is 11.3 Å². The average molecular weight is 572 g/mol. The highest BCUT2D eigenvalue weighted by atomic mass is 35.5. The highest BCUT2D eigenvalue weighted by Gasteiger charge is 2.23. The molecule has 8 heteroatoms. The van der Waals surface area contributed by atoms with Gasteiger partial charge in [-0.3, -0.25) is 9.48 Å². The van der Waals surface area contributed by atoms with Crippen LogP contribution >= 0.6 is 11.6 Å². The van der Waals surface area contributed by atoms with Gasteiger partial charge in [-0.1, -0.05) is 74.0 Å². The number of hydrogen-bond donors (Lipinski definition) is 1. The van der Waals surface area contributed by atoms with Crippen LogP contribution in [0.4, 0.5) is 10.1 Å². The molecule has 0 radical (unpaired) electrons. The maximum atomic E-state index is 13.4. The summed E-state index contributed by atoms with van der Waals surface area (Å²) in [5.74, 6) is 0.605. The van der Waals surface area contributed by atoms with E-state index in [9.17, 15) is 9.18 Å². The van der Waals surface area contributed by atoms with E-state index in [0.29, 0.717) is 34.5 Å². The van der Waals surface area contributed by atoms with Gasteiger partial charge in [-0.15, -0.1) is 0 Å². The Hall–Kier alpha value is -4.36. The largest absolute Gasteiger partial charge is 0.486 e. The monoisotopic (exact) mass is 571 g/mol. The lowest BCUT2D eigenvalue weighted by molar-refractivity contribution is 0.0992. The van der Waals surface area contributed by atoms with Crippen molar-refractivity contribution in [2.75, 3.05) is 5.32 Å². The third-order valence-corrected chi connectivity index (χ3v) is 7.65. The van der Waals surface area contributed by atoms with Crippen LogP contribution in [0.5, 0.6) is 5.75 Å². The van der Waals surface area contributed by atoms with Crippen LogP contribution < -0.4 is 10.1 Å². The summed E-state index contributed by atoms with van der Waals surface area (Å²) in [6, 6.07) is 26.0. The van der Waals surface area contributed by atoms with Crippen molar-refractivity contribution in [3.8, 4) is 5.75 Å². The van der Waals surface area contributed by atoms with Gasteiger partial charge in [0.25, 0.3) is 5.91 Å². The van der Waals surface area contributed by atoms with Crippen LogP contribution in [0.25, 0.3) is 0 Å². The standard InChI is InChI=1S/C33H31ClFN3O3/c1-21-31(22(2)38(37-21)19-23-10-13-26(35)18-29(23)34)36-32(39)30-17-16-28(41-30)20-40-27-14-11-25(12-15-27)33(3,4)24-8-6-5-7-9-24/h5-18H,19-20H2,1-4H3,(H,36,39). The predicted molar refractivity (Wildman–Crippen MR) is 158 cm³/mol. The van der Waals surface area contributed by atoms with E-state index in [1.165, 1.54) is 23.3 Å². The maximum absolute atomic E-state index is 13.4. The number of amides is 1. The van der Waals surface area contributed by atoms with Crippen molar-refractivity contribution in [1.82, 2.24) is 9.78 Å². The zero-order valence-electron chi connectivity index (χ0n) is 23.4. The van der Waals surface area contributed by atoms with Crippen molar-refractivity contribution in [1.29, 1.82) is 0 Å². The maximum Gasteiger partial charge on any atom is 0.291 e. The number of ether oxygens (including phenoxy) is 1. The Kier molecular flexibility index (Phi) is 7.99.